The second-order valence-corrected chi connectivity index (χ2v) is 14.6. The number of rotatable bonds is 1. The molecule has 0 saturated heterocycles. The number of carbonyl (C=O) groups is 1. The molecule has 0 spiro atoms. The van der Waals surface area contributed by atoms with Crippen LogP contribution in [0.1, 0.15) is 45.2 Å². The van der Waals surface area contributed by atoms with Gasteiger partial charge in [-0.25, -0.2) is 4.79 Å². The highest BCUT2D eigenvalue weighted by atomic mass is 35.5. The number of aromatic nitrogens is 5. The van der Waals surface area contributed by atoms with E-state index in [4.69, 9.17) is 31.3 Å². The molecule has 8 bridgehead atoms. The van der Waals surface area contributed by atoms with Crippen LogP contribution in [0.2, 0.25) is 5.02 Å². The summed E-state index contributed by atoms with van der Waals surface area (Å²) in [4.78, 5) is 14.5. The number of halogens is 1. The van der Waals surface area contributed by atoms with Gasteiger partial charge in [-0.05, 0) is 48.1 Å². The highest BCUT2D eigenvalue weighted by Crippen LogP contribution is 2.44. The fraction of sp³-hybridized carbons (Fsp3) is 0.306. The predicted octanol–water partition coefficient (Wildman–Crippen LogP) is 7.48. The van der Waals surface area contributed by atoms with Gasteiger partial charge in [0.25, 0.3) is 0 Å². The Balaban J connectivity index is 1.27. The van der Waals surface area contributed by atoms with E-state index in [-0.39, 0.29) is 5.97 Å². The first kappa shape index (κ1) is 31.4. The molecule has 0 amide bonds. The van der Waals surface area contributed by atoms with Gasteiger partial charge in [-0.2, -0.15) is 10.2 Å². The summed E-state index contributed by atoms with van der Waals surface area (Å²) in [7, 11) is 5.36. The number of hydrogen-bond acceptors (Lipinski definition) is 8. The Morgan fingerprint density at radius 2 is 1.90 bits per heavy atom. The molecule has 9 nitrogen and oxygen atoms in total. The number of benzene rings is 3. The molecule has 0 unspecified atom stereocenters. The van der Waals surface area contributed by atoms with Crippen molar-refractivity contribution in [1.29, 1.82) is 0 Å². The number of nitrogens with one attached hydrogen (secondary N) is 1. The summed E-state index contributed by atoms with van der Waals surface area (Å²) in [5.74, 6) is 2.90. The van der Waals surface area contributed by atoms with Crippen LogP contribution in [0.25, 0.3) is 32.8 Å². The third-order valence-electron chi connectivity index (χ3n) is 9.26. The molecule has 6 aromatic rings. The molecule has 1 N–H and O–H groups in total. The van der Waals surface area contributed by atoms with Crippen LogP contribution in [0, 0.1) is 0 Å². The largest absolute Gasteiger partial charge is 0.493 e. The smallest absolute Gasteiger partial charge is 0.354 e. The van der Waals surface area contributed by atoms with Gasteiger partial charge in [-0.3, -0.25) is 9.36 Å². The van der Waals surface area contributed by atoms with Gasteiger partial charge >= 0.3 is 5.97 Å². The average Bonchev–Trinajstić information content (AvgIpc) is 3.84. The van der Waals surface area contributed by atoms with E-state index in [1.807, 2.05) is 53.3 Å². The first-order valence-corrected chi connectivity index (χ1v) is 18.5. The van der Waals surface area contributed by atoms with Crippen molar-refractivity contribution in [1.82, 2.24) is 29.4 Å². The summed E-state index contributed by atoms with van der Waals surface area (Å²) >= 11 is 10.7. The van der Waals surface area contributed by atoms with Gasteiger partial charge < -0.3 is 19.4 Å². The summed E-state index contributed by atoms with van der Waals surface area (Å²) in [5.41, 5.74) is 8.50. The lowest BCUT2D eigenvalue weighted by molar-refractivity contribution is 0.0589. The highest BCUT2D eigenvalue weighted by molar-refractivity contribution is 7.98. The topological polar surface area (TPSA) is 88.1 Å². The molecule has 0 saturated carbocycles. The second-order valence-electron chi connectivity index (χ2n) is 12.2. The first-order valence-electron chi connectivity index (χ1n) is 16.0. The Morgan fingerprint density at radius 1 is 1.02 bits per heavy atom. The van der Waals surface area contributed by atoms with Crippen molar-refractivity contribution in [2.24, 2.45) is 14.1 Å². The zero-order chi connectivity index (χ0) is 32.9. The van der Waals surface area contributed by atoms with Gasteiger partial charge in [0.1, 0.15) is 11.4 Å². The zero-order valence-electron chi connectivity index (χ0n) is 27.0. The fourth-order valence-electron chi connectivity index (χ4n) is 7.04. The van der Waals surface area contributed by atoms with Gasteiger partial charge in [0.05, 0.1) is 47.2 Å². The second kappa shape index (κ2) is 12.9. The number of nitrogens with zero attached hydrogens (tertiary/aromatic N) is 5. The summed E-state index contributed by atoms with van der Waals surface area (Å²) in [6, 6.07) is 18.8. The predicted molar refractivity (Wildman–Crippen MR) is 193 cm³/mol. The van der Waals surface area contributed by atoms with E-state index in [0.29, 0.717) is 43.3 Å². The average molecular weight is 699 g/mol. The summed E-state index contributed by atoms with van der Waals surface area (Å²) in [5, 5.41) is 17.3. The summed E-state index contributed by atoms with van der Waals surface area (Å²) < 4.78 is 17.8. The number of hydrogen-bond donors (Lipinski definition) is 1. The maximum absolute atomic E-state index is 13.4. The molecule has 5 heterocycles. The molecular weight excluding hydrogens is 664 g/mol. The Kier molecular flexibility index (Phi) is 8.40. The summed E-state index contributed by atoms with van der Waals surface area (Å²) in [6.45, 7) is 1.64. The molecule has 0 aliphatic carbocycles. The van der Waals surface area contributed by atoms with E-state index >= 15 is 0 Å². The third-order valence-corrected chi connectivity index (χ3v) is 11.5. The maximum Gasteiger partial charge on any atom is 0.354 e. The van der Waals surface area contributed by atoms with E-state index in [9.17, 15) is 4.79 Å². The zero-order valence-corrected chi connectivity index (χ0v) is 29.4. The third kappa shape index (κ3) is 5.46. The Labute approximate surface area is 291 Å². The lowest BCUT2D eigenvalue weighted by Crippen LogP contribution is -2.15. The van der Waals surface area contributed by atoms with Crippen molar-refractivity contribution in [2.45, 2.75) is 48.2 Å². The molecule has 8 rings (SSSR count). The van der Waals surface area contributed by atoms with E-state index in [0.717, 1.165) is 89.2 Å². The standard InChI is InChI=1S/C36H35ClN6O3S2/c1-41-34-27-10-11-28(37)32(34)33-29(40-43-20-47-19-30(33)43)17-38-16-22-14-23(42(2)39-22)18-48-24-13-21-7-4-5-8-25(21)31(15-24)46-12-6-9-26(27)35(41)36(44)45-3/h4-5,7-8,10-11,13-15,38H,6,9,12,16-20H2,1-3H3. The van der Waals surface area contributed by atoms with Crippen molar-refractivity contribution in [3.8, 4) is 16.9 Å². The minimum Gasteiger partial charge on any atom is -0.493 e. The fourth-order valence-corrected chi connectivity index (χ4v) is 9.23. The van der Waals surface area contributed by atoms with Crippen molar-refractivity contribution >= 4 is 62.8 Å². The molecule has 2 aliphatic heterocycles. The van der Waals surface area contributed by atoms with Crippen molar-refractivity contribution in [3.63, 3.8) is 0 Å². The number of aryl methyl sites for hydroxylation is 3. The number of fused-ring (bicyclic) bond motifs is 10. The lowest BCUT2D eigenvalue weighted by Gasteiger charge is -2.13. The highest BCUT2D eigenvalue weighted by Gasteiger charge is 2.30. The Hall–Kier alpha value is -3.90. The minimum atomic E-state index is -0.371. The van der Waals surface area contributed by atoms with E-state index < -0.39 is 0 Å². The van der Waals surface area contributed by atoms with E-state index in [2.05, 4.69) is 46.4 Å². The van der Waals surface area contributed by atoms with Crippen LogP contribution in [0.4, 0.5) is 0 Å². The molecule has 2 aliphatic rings. The number of thioether (sulfide) groups is 2. The van der Waals surface area contributed by atoms with Gasteiger partial charge in [0.15, 0.2) is 0 Å². The minimum absolute atomic E-state index is 0.371. The van der Waals surface area contributed by atoms with Crippen molar-refractivity contribution < 1.29 is 14.3 Å². The number of carbonyl (C=O) groups excluding carboxylic acids is 1. The SMILES string of the molecule is COC(=O)c1c2c3ccc(Cl)c(c3n1C)-c1c(nn3c1CSC3)CNCc1cc(n(C)n1)CSc1cc(c3ccccc3c1)OCCC2. The van der Waals surface area contributed by atoms with E-state index in [1.54, 1.807) is 11.8 Å². The molecule has 246 valence electrons. The van der Waals surface area contributed by atoms with Crippen LogP contribution in [0.5, 0.6) is 5.75 Å². The van der Waals surface area contributed by atoms with Crippen LogP contribution < -0.4 is 10.1 Å². The first-order chi connectivity index (χ1) is 23.4. The molecular formula is C36H35ClN6O3S2. The van der Waals surface area contributed by atoms with Gasteiger partial charge in [0, 0.05) is 71.2 Å². The van der Waals surface area contributed by atoms with Crippen LogP contribution in [0.3, 0.4) is 0 Å². The molecule has 12 heteroatoms. The number of esters is 1. The Morgan fingerprint density at radius 3 is 2.77 bits per heavy atom. The molecule has 48 heavy (non-hydrogen) atoms. The normalized spacial score (nSPS) is 15.2. The molecule has 3 aromatic carbocycles. The van der Waals surface area contributed by atoms with Crippen LogP contribution >= 0.6 is 35.1 Å². The van der Waals surface area contributed by atoms with Gasteiger partial charge in [0.2, 0.25) is 0 Å². The molecule has 0 atom stereocenters. The molecule has 0 fully saturated rings. The van der Waals surface area contributed by atoms with Crippen LogP contribution in [0.15, 0.2) is 59.5 Å². The Bertz CT molecular complexity index is 2220. The number of ether oxygens (including phenoxy) is 2. The van der Waals surface area contributed by atoms with Crippen molar-refractivity contribution in [2.75, 3.05) is 13.7 Å². The maximum atomic E-state index is 13.4. The monoisotopic (exact) mass is 698 g/mol. The van der Waals surface area contributed by atoms with Gasteiger partial charge in [-0.1, -0.05) is 41.9 Å². The lowest BCUT2D eigenvalue weighted by atomic mass is 9.98. The van der Waals surface area contributed by atoms with E-state index in [1.165, 1.54) is 7.11 Å². The molecule has 3 aromatic heterocycles. The van der Waals surface area contributed by atoms with Gasteiger partial charge in [-0.15, -0.1) is 23.5 Å². The quantitative estimate of drug-likeness (QED) is 0.177. The van der Waals surface area contributed by atoms with Crippen molar-refractivity contribution in [3.05, 3.63) is 93.7 Å². The van der Waals surface area contributed by atoms with Crippen LogP contribution in [-0.2, 0) is 55.7 Å². The van der Waals surface area contributed by atoms with Crippen LogP contribution in [-0.4, -0.2) is 43.8 Å². The summed E-state index contributed by atoms with van der Waals surface area (Å²) in [6.07, 6.45) is 1.34. The molecule has 0 radical (unpaired) electrons. The number of methoxy groups -OCH3 is 1.